The van der Waals surface area contributed by atoms with Crippen LogP contribution >= 0.6 is 11.3 Å². The highest BCUT2D eigenvalue weighted by atomic mass is 32.1. The van der Waals surface area contributed by atoms with Gasteiger partial charge in [0.25, 0.3) is 0 Å². The molecule has 0 radical (unpaired) electrons. The van der Waals surface area contributed by atoms with Gasteiger partial charge in [-0.15, -0.1) is 11.3 Å². The molecule has 2 nitrogen and oxygen atoms in total. The molecule has 0 spiro atoms. The molecule has 0 atom stereocenters. The van der Waals surface area contributed by atoms with Crippen molar-refractivity contribution in [3.8, 4) is 0 Å². The first-order valence-electron chi connectivity index (χ1n) is 6.80. The minimum atomic E-state index is 0.827. The van der Waals surface area contributed by atoms with Gasteiger partial charge in [0, 0.05) is 6.42 Å². The zero-order valence-corrected chi connectivity index (χ0v) is 11.9. The van der Waals surface area contributed by atoms with E-state index in [2.05, 4.69) is 31.3 Å². The van der Waals surface area contributed by atoms with E-state index in [4.69, 9.17) is 4.98 Å². The van der Waals surface area contributed by atoms with E-state index in [0.717, 1.165) is 5.92 Å². The van der Waals surface area contributed by atoms with Crippen LogP contribution in [0.2, 0.25) is 0 Å². The third kappa shape index (κ3) is 2.43. The summed E-state index contributed by atoms with van der Waals surface area (Å²) in [5.41, 5.74) is 3.88. The Kier molecular flexibility index (Phi) is 3.35. The number of nitrogens with zero attached hydrogens (tertiary/aromatic N) is 1. The molecule has 1 N–H and O–H groups in total. The van der Waals surface area contributed by atoms with Crippen molar-refractivity contribution >= 4 is 21.6 Å². The zero-order valence-electron chi connectivity index (χ0n) is 11.1. The third-order valence-electron chi connectivity index (χ3n) is 3.80. The maximum absolute atomic E-state index is 4.85. The predicted octanol–water partition coefficient (Wildman–Crippen LogP) is 3.46. The lowest BCUT2D eigenvalue weighted by Gasteiger charge is -2.21. The largest absolute Gasteiger partial charge is 0.317 e. The predicted molar refractivity (Wildman–Crippen MR) is 78.4 cm³/mol. The summed E-state index contributed by atoms with van der Waals surface area (Å²) >= 11 is 1.89. The number of hydrogen-bond donors (Lipinski definition) is 1. The van der Waals surface area contributed by atoms with E-state index in [1.165, 1.54) is 58.7 Å². The molecular formula is C15H20N2S. The summed E-state index contributed by atoms with van der Waals surface area (Å²) in [5, 5.41) is 4.75. The van der Waals surface area contributed by atoms with Crippen LogP contribution in [-0.2, 0) is 6.42 Å². The Morgan fingerprint density at radius 1 is 1.28 bits per heavy atom. The average Bonchev–Trinajstić information content (AvgIpc) is 2.73. The van der Waals surface area contributed by atoms with Gasteiger partial charge in [-0.05, 0) is 62.9 Å². The molecule has 0 unspecified atom stereocenters. The van der Waals surface area contributed by atoms with Crippen molar-refractivity contribution in [1.82, 2.24) is 10.3 Å². The number of nitrogens with one attached hydrogen (secondary N) is 1. The fraction of sp³-hybridized carbons (Fsp3) is 0.533. The SMILES string of the molecule is Cc1cc(C)c2nc(CC3CCNCC3)sc2c1. The lowest BCUT2D eigenvalue weighted by molar-refractivity contribution is 0.372. The maximum atomic E-state index is 4.85. The van der Waals surface area contributed by atoms with Crippen LogP contribution in [0.1, 0.15) is 29.0 Å². The number of hydrogen-bond acceptors (Lipinski definition) is 3. The lowest BCUT2D eigenvalue weighted by atomic mass is 9.95. The number of rotatable bonds is 2. The van der Waals surface area contributed by atoms with Crippen molar-refractivity contribution in [1.29, 1.82) is 0 Å². The highest BCUT2D eigenvalue weighted by Gasteiger charge is 2.16. The molecule has 1 aliphatic rings. The Labute approximate surface area is 112 Å². The van der Waals surface area contributed by atoms with Crippen molar-refractivity contribution in [3.63, 3.8) is 0 Å². The highest BCUT2D eigenvalue weighted by Crippen LogP contribution is 2.29. The molecule has 1 fully saturated rings. The molecule has 0 amide bonds. The van der Waals surface area contributed by atoms with Crippen LogP contribution < -0.4 is 5.32 Å². The molecule has 1 aromatic carbocycles. The van der Waals surface area contributed by atoms with E-state index in [1.54, 1.807) is 0 Å². The molecular weight excluding hydrogens is 240 g/mol. The first-order valence-corrected chi connectivity index (χ1v) is 7.61. The molecule has 0 bridgehead atoms. The topological polar surface area (TPSA) is 24.9 Å². The quantitative estimate of drug-likeness (QED) is 0.894. The van der Waals surface area contributed by atoms with Crippen molar-refractivity contribution in [2.24, 2.45) is 5.92 Å². The molecule has 0 saturated carbocycles. The molecule has 1 aliphatic heterocycles. The highest BCUT2D eigenvalue weighted by molar-refractivity contribution is 7.18. The summed E-state index contributed by atoms with van der Waals surface area (Å²) in [6, 6.07) is 4.50. The second-order valence-electron chi connectivity index (χ2n) is 5.43. The number of thiazole rings is 1. The number of benzene rings is 1. The van der Waals surface area contributed by atoms with Gasteiger partial charge >= 0.3 is 0 Å². The van der Waals surface area contributed by atoms with Gasteiger partial charge in [0.2, 0.25) is 0 Å². The Morgan fingerprint density at radius 3 is 2.83 bits per heavy atom. The smallest absolute Gasteiger partial charge is 0.0941 e. The zero-order chi connectivity index (χ0) is 12.5. The van der Waals surface area contributed by atoms with Gasteiger partial charge in [0.05, 0.1) is 15.2 Å². The van der Waals surface area contributed by atoms with Crippen LogP contribution in [0.3, 0.4) is 0 Å². The fourth-order valence-corrected chi connectivity index (χ4v) is 4.09. The molecule has 96 valence electrons. The monoisotopic (exact) mass is 260 g/mol. The number of aryl methyl sites for hydroxylation is 2. The van der Waals surface area contributed by atoms with Crippen LogP contribution in [0, 0.1) is 19.8 Å². The molecule has 1 saturated heterocycles. The van der Waals surface area contributed by atoms with Crippen LogP contribution in [0.4, 0.5) is 0 Å². The molecule has 18 heavy (non-hydrogen) atoms. The molecule has 2 aromatic rings. The summed E-state index contributed by atoms with van der Waals surface area (Å²) in [6.45, 7) is 6.68. The Morgan fingerprint density at radius 2 is 2.06 bits per heavy atom. The van der Waals surface area contributed by atoms with E-state index in [1.807, 2.05) is 11.3 Å². The summed E-state index contributed by atoms with van der Waals surface area (Å²) in [5.74, 6) is 0.827. The minimum Gasteiger partial charge on any atom is -0.317 e. The van der Waals surface area contributed by atoms with Gasteiger partial charge in [-0.1, -0.05) is 6.07 Å². The van der Waals surface area contributed by atoms with E-state index < -0.39 is 0 Å². The standard InChI is InChI=1S/C15H20N2S/c1-10-7-11(2)15-13(8-10)18-14(17-15)9-12-3-5-16-6-4-12/h7-8,12,16H,3-6,9H2,1-2H3. The second-order valence-corrected chi connectivity index (χ2v) is 6.55. The third-order valence-corrected chi connectivity index (χ3v) is 4.82. The van der Waals surface area contributed by atoms with Crippen LogP contribution in [0.25, 0.3) is 10.2 Å². The summed E-state index contributed by atoms with van der Waals surface area (Å²) in [6.07, 6.45) is 3.77. The van der Waals surface area contributed by atoms with Crippen LogP contribution in [-0.4, -0.2) is 18.1 Å². The lowest BCUT2D eigenvalue weighted by Crippen LogP contribution is -2.28. The molecule has 3 heteroatoms. The summed E-state index contributed by atoms with van der Waals surface area (Å²) < 4.78 is 1.36. The summed E-state index contributed by atoms with van der Waals surface area (Å²) in [7, 11) is 0. The Bertz CT molecular complexity index is 553. The van der Waals surface area contributed by atoms with Gasteiger partial charge < -0.3 is 5.32 Å². The first-order chi connectivity index (χ1) is 8.72. The molecule has 1 aromatic heterocycles. The number of fused-ring (bicyclic) bond motifs is 1. The maximum Gasteiger partial charge on any atom is 0.0941 e. The summed E-state index contributed by atoms with van der Waals surface area (Å²) in [4.78, 5) is 4.85. The molecule has 2 heterocycles. The van der Waals surface area contributed by atoms with Gasteiger partial charge in [-0.2, -0.15) is 0 Å². The van der Waals surface area contributed by atoms with Crippen molar-refractivity contribution in [3.05, 3.63) is 28.3 Å². The minimum absolute atomic E-state index is 0.827. The van der Waals surface area contributed by atoms with E-state index in [0.29, 0.717) is 0 Å². The normalized spacial score (nSPS) is 17.4. The second kappa shape index (κ2) is 4.98. The fourth-order valence-electron chi connectivity index (χ4n) is 2.84. The van der Waals surface area contributed by atoms with E-state index >= 15 is 0 Å². The van der Waals surface area contributed by atoms with Crippen molar-refractivity contribution in [2.75, 3.05) is 13.1 Å². The van der Waals surface area contributed by atoms with Gasteiger partial charge in [-0.3, -0.25) is 0 Å². The number of piperidine rings is 1. The average molecular weight is 260 g/mol. The van der Waals surface area contributed by atoms with Crippen molar-refractivity contribution < 1.29 is 0 Å². The van der Waals surface area contributed by atoms with Crippen molar-refractivity contribution in [2.45, 2.75) is 33.1 Å². The molecule has 0 aliphatic carbocycles. The van der Waals surface area contributed by atoms with Crippen LogP contribution in [0.5, 0.6) is 0 Å². The van der Waals surface area contributed by atoms with Crippen LogP contribution in [0.15, 0.2) is 12.1 Å². The van der Waals surface area contributed by atoms with Gasteiger partial charge in [-0.25, -0.2) is 4.98 Å². The van der Waals surface area contributed by atoms with Gasteiger partial charge in [0.1, 0.15) is 0 Å². The van der Waals surface area contributed by atoms with E-state index in [-0.39, 0.29) is 0 Å². The Hall–Kier alpha value is -0.930. The number of aromatic nitrogens is 1. The Balaban J connectivity index is 1.86. The first kappa shape index (κ1) is 12.1. The van der Waals surface area contributed by atoms with Gasteiger partial charge in [0.15, 0.2) is 0 Å². The molecule has 3 rings (SSSR count). The van der Waals surface area contributed by atoms with E-state index in [9.17, 15) is 0 Å².